The van der Waals surface area contributed by atoms with Gasteiger partial charge in [0, 0.05) is 15.6 Å². The van der Waals surface area contributed by atoms with Crippen molar-refractivity contribution in [3.8, 4) is 0 Å². The molecule has 0 aliphatic heterocycles. The van der Waals surface area contributed by atoms with E-state index in [0.717, 1.165) is 5.56 Å². The average Bonchev–Trinajstić information content (AvgIpc) is 2.58. The first-order valence-corrected chi connectivity index (χ1v) is 5.14. The van der Waals surface area contributed by atoms with Crippen molar-refractivity contribution in [3.63, 3.8) is 0 Å². The molecule has 2 aromatic rings. The number of hydrogen-bond acceptors (Lipinski definition) is 2. The van der Waals surface area contributed by atoms with Crippen molar-refractivity contribution in [2.24, 2.45) is 0 Å². The van der Waals surface area contributed by atoms with Gasteiger partial charge in [-0.25, -0.2) is 4.68 Å². The Hall–Kier alpha value is -1.19. The van der Waals surface area contributed by atoms with Gasteiger partial charge in [-0.05, 0) is 18.2 Å². The van der Waals surface area contributed by atoms with Crippen LogP contribution in [-0.2, 0) is 6.54 Å². The predicted octanol–water partition coefficient (Wildman–Crippen LogP) is 2.82. The van der Waals surface area contributed by atoms with Gasteiger partial charge in [-0.15, -0.1) is 0 Å². The second kappa shape index (κ2) is 4.13. The molecule has 2 N–H and O–H groups in total. The van der Waals surface area contributed by atoms with Gasteiger partial charge in [-0.2, -0.15) is 5.10 Å². The Labute approximate surface area is 97.4 Å². The van der Waals surface area contributed by atoms with Crippen LogP contribution in [0.5, 0.6) is 0 Å². The molecular formula is C10H9Cl2N3. The Morgan fingerprint density at radius 1 is 1.20 bits per heavy atom. The molecule has 0 amide bonds. The summed E-state index contributed by atoms with van der Waals surface area (Å²) < 4.78 is 1.65. The number of nitrogen functional groups attached to an aromatic ring is 1. The lowest BCUT2D eigenvalue weighted by molar-refractivity contribution is 0.697. The van der Waals surface area contributed by atoms with Crippen LogP contribution in [0.15, 0.2) is 30.5 Å². The lowest BCUT2D eigenvalue weighted by atomic mass is 10.2. The quantitative estimate of drug-likeness (QED) is 0.879. The fourth-order valence-electron chi connectivity index (χ4n) is 1.31. The molecule has 2 rings (SSSR count). The maximum Gasteiger partial charge on any atom is 0.122 e. The molecule has 15 heavy (non-hydrogen) atoms. The van der Waals surface area contributed by atoms with E-state index in [1.807, 2.05) is 0 Å². The Morgan fingerprint density at radius 2 is 1.87 bits per heavy atom. The minimum absolute atomic E-state index is 0.483. The molecule has 0 bridgehead atoms. The summed E-state index contributed by atoms with van der Waals surface area (Å²) in [5, 5.41) is 5.31. The van der Waals surface area contributed by atoms with Crippen molar-refractivity contribution in [2.75, 3.05) is 5.73 Å². The van der Waals surface area contributed by atoms with Crippen LogP contribution < -0.4 is 5.73 Å². The first-order chi connectivity index (χ1) is 7.18. The monoisotopic (exact) mass is 241 g/mol. The first kappa shape index (κ1) is 10.3. The molecule has 0 spiro atoms. The zero-order valence-corrected chi connectivity index (χ0v) is 9.33. The molecular weight excluding hydrogens is 233 g/mol. The van der Waals surface area contributed by atoms with Crippen molar-refractivity contribution < 1.29 is 0 Å². The minimum atomic E-state index is 0.483. The van der Waals surface area contributed by atoms with Crippen molar-refractivity contribution in [1.82, 2.24) is 9.78 Å². The number of nitrogens with two attached hydrogens (primary N) is 1. The van der Waals surface area contributed by atoms with Crippen molar-refractivity contribution in [1.29, 1.82) is 0 Å². The topological polar surface area (TPSA) is 43.8 Å². The average molecular weight is 242 g/mol. The van der Waals surface area contributed by atoms with Crippen LogP contribution in [0.4, 0.5) is 5.82 Å². The minimum Gasteiger partial charge on any atom is -0.384 e. The number of halogens is 2. The highest BCUT2D eigenvalue weighted by Gasteiger charge is 2.07. The largest absolute Gasteiger partial charge is 0.384 e. The molecule has 5 heteroatoms. The summed E-state index contributed by atoms with van der Waals surface area (Å²) in [6.07, 6.45) is 1.64. The third-order valence-corrected chi connectivity index (χ3v) is 2.83. The van der Waals surface area contributed by atoms with Crippen LogP contribution in [0.25, 0.3) is 0 Å². The zero-order chi connectivity index (χ0) is 10.8. The van der Waals surface area contributed by atoms with Crippen LogP contribution in [-0.4, -0.2) is 9.78 Å². The lowest BCUT2D eigenvalue weighted by Crippen LogP contribution is -2.06. The third-order valence-electron chi connectivity index (χ3n) is 2.12. The van der Waals surface area contributed by atoms with Crippen LogP contribution in [0.3, 0.4) is 0 Å². The second-order valence-corrected chi connectivity index (χ2v) is 3.93. The summed E-state index contributed by atoms with van der Waals surface area (Å²) >= 11 is 12.1. The van der Waals surface area contributed by atoms with Gasteiger partial charge in [0.1, 0.15) is 5.82 Å². The third kappa shape index (κ3) is 2.08. The summed E-state index contributed by atoms with van der Waals surface area (Å²) in [6.45, 7) is 0.483. The summed E-state index contributed by atoms with van der Waals surface area (Å²) in [7, 11) is 0. The van der Waals surface area contributed by atoms with Gasteiger partial charge >= 0.3 is 0 Å². The van der Waals surface area contributed by atoms with Gasteiger partial charge in [0.15, 0.2) is 0 Å². The second-order valence-electron chi connectivity index (χ2n) is 3.11. The maximum absolute atomic E-state index is 6.03. The van der Waals surface area contributed by atoms with Gasteiger partial charge < -0.3 is 5.73 Å². The standard InChI is InChI=1S/C10H9Cl2N3/c11-8-2-1-3-9(12)7(8)6-15-10(13)4-5-14-15/h1-5H,6,13H2. The highest BCUT2D eigenvalue weighted by Crippen LogP contribution is 2.25. The number of benzene rings is 1. The van der Waals surface area contributed by atoms with Crippen LogP contribution >= 0.6 is 23.2 Å². The molecule has 0 aliphatic carbocycles. The smallest absolute Gasteiger partial charge is 0.122 e. The molecule has 1 heterocycles. The van der Waals surface area contributed by atoms with E-state index in [-0.39, 0.29) is 0 Å². The number of anilines is 1. The highest BCUT2D eigenvalue weighted by atomic mass is 35.5. The zero-order valence-electron chi connectivity index (χ0n) is 7.82. The van der Waals surface area contributed by atoms with Crippen LogP contribution in [0.1, 0.15) is 5.56 Å². The molecule has 78 valence electrons. The van der Waals surface area contributed by atoms with Gasteiger partial charge in [0.2, 0.25) is 0 Å². The van der Waals surface area contributed by atoms with Crippen molar-refractivity contribution in [3.05, 3.63) is 46.1 Å². The van der Waals surface area contributed by atoms with Gasteiger partial charge in [-0.3, -0.25) is 0 Å². The molecule has 0 fully saturated rings. The van der Waals surface area contributed by atoms with Gasteiger partial charge in [0.25, 0.3) is 0 Å². The fraction of sp³-hybridized carbons (Fsp3) is 0.100. The molecule has 0 atom stereocenters. The van der Waals surface area contributed by atoms with Crippen LogP contribution in [0.2, 0.25) is 10.0 Å². The summed E-state index contributed by atoms with van der Waals surface area (Å²) in [4.78, 5) is 0. The maximum atomic E-state index is 6.03. The van der Waals surface area contributed by atoms with E-state index in [1.54, 1.807) is 35.1 Å². The molecule has 0 saturated carbocycles. The molecule has 1 aromatic heterocycles. The molecule has 0 radical (unpaired) electrons. The van der Waals surface area contributed by atoms with Crippen molar-refractivity contribution in [2.45, 2.75) is 6.54 Å². The molecule has 1 aromatic carbocycles. The Balaban J connectivity index is 2.36. The van der Waals surface area contributed by atoms with E-state index in [0.29, 0.717) is 22.4 Å². The molecule has 0 unspecified atom stereocenters. The van der Waals surface area contributed by atoms with E-state index in [9.17, 15) is 0 Å². The summed E-state index contributed by atoms with van der Waals surface area (Å²) in [5.74, 6) is 0.589. The van der Waals surface area contributed by atoms with Crippen molar-refractivity contribution >= 4 is 29.0 Å². The normalized spacial score (nSPS) is 10.5. The number of nitrogens with zero attached hydrogens (tertiary/aromatic N) is 2. The van der Waals surface area contributed by atoms with Gasteiger partial charge in [0.05, 0.1) is 12.7 Å². The number of aromatic nitrogens is 2. The molecule has 0 aliphatic rings. The van der Waals surface area contributed by atoms with E-state index >= 15 is 0 Å². The number of rotatable bonds is 2. The van der Waals surface area contributed by atoms with Gasteiger partial charge in [-0.1, -0.05) is 29.3 Å². The Morgan fingerprint density at radius 3 is 2.40 bits per heavy atom. The van der Waals surface area contributed by atoms with E-state index in [4.69, 9.17) is 28.9 Å². The Kier molecular flexibility index (Phi) is 2.84. The Bertz CT molecular complexity index is 459. The summed E-state index contributed by atoms with van der Waals surface area (Å²) in [6, 6.07) is 7.12. The van der Waals surface area contributed by atoms with Crippen LogP contribution in [0, 0.1) is 0 Å². The highest BCUT2D eigenvalue weighted by molar-refractivity contribution is 6.35. The predicted molar refractivity (Wildman–Crippen MR) is 62.2 cm³/mol. The van der Waals surface area contributed by atoms with E-state index in [2.05, 4.69) is 5.10 Å². The van der Waals surface area contributed by atoms with E-state index < -0.39 is 0 Å². The first-order valence-electron chi connectivity index (χ1n) is 4.38. The SMILES string of the molecule is Nc1ccnn1Cc1c(Cl)cccc1Cl. The fourth-order valence-corrected chi connectivity index (χ4v) is 1.83. The van der Waals surface area contributed by atoms with E-state index in [1.165, 1.54) is 0 Å². The lowest BCUT2D eigenvalue weighted by Gasteiger charge is -2.08. The molecule has 3 nitrogen and oxygen atoms in total. The number of hydrogen-bond donors (Lipinski definition) is 1. The summed E-state index contributed by atoms with van der Waals surface area (Å²) in [5.41, 5.74) is 6.53. The molecule has 0 saturated heterocycles.